The Bertz CT molecular complexity index is 387. The van der Waals surface area contributed by atoms with Gasteiger partial charge in [-0.05, 0) is 30.9 Å². The summed E-state index contributed by atoms with van der Waals surface area (Å²) in [4.78, 5) is 0. The lowest BCUT2D eigenvalue weighted by Gasteiger charge is -2.16. The summed E-state index contributed by atoms with van der Waals surface area (Å²) in [6.45, 7) is 2.05. The summed E-state index contributed by atoms with van der Waals surface area (Å²) in [7, 11) is 0. The second-order valence-corrected chi connectivity index (χ2v) is 3.67. The fourth-order valence-electron chi connectivity index (χ4n) is 1.93. The first-order valence-corrected chi connectivity index (χ1v) is 4.46. The quantitative estimate of drug-likeness (QED) is 0.591. The number of terminal acetylenes is 1. The van der Waals surface area contributed by atoms with Crippen LogP contribution in [0.15, 0.2) is 18.2 Å². The predicted molar refractivity (Wildman–Crippen MR) is 52.2 cm³/mol. The minimum Gasteiger partial charge on any atom is -0.373 e. The summed E-state index contributed by atoms with van der Waals surface area (Å²) in [6, 6.07) is 6.04. The maximum absolute atomic E-state index is 10.0. The molecule has 2 rings (SSSR count). The number of hydrogen-bond acceptors (Lipinski definition) is 1. The van der Waals surface area contributed by atoms with Gasteiger partial charge in [-0.25, -0.2) is 0 Å². The van der Waals surface area contributed by atoms with E-state index in [-0.39, 0.29) is 0 Å². The van der Waals surface area contributed by atoms with E-state index in [2.05, 4.69) is 12.0 Å². The lowest BCUT2D eigenvalue weighted by Crippen LogP contribution is -2.18. The van der Waals surface area contributed by atoms with Crippen LogP contribution in [0.5, 0.6) is 0 Å². The second kappa shape index (κ2) is 2.61. The zero-order chi connectivity index (χ0) is 9.47. The molecule has 0 saturated carbocycles. The van der Waals surface area contributed by atoms with Crippen molar-refractivity contribution >= 4 is 0 Å². The van der Waals surface area contributed by atoms with Crippen LogP contribution in [0.1, 0.15) is 23.1 Å². The summed E-state index contributed by atoms with van der Waals surface area (Å²) in [6.07, 6.45) is 6.86. The van der Waals surface area contributed by atoms with Gasteiger partial charge in [0.15, 0.2) is 5.60 Å². The summed E-state index contributed by atoms with van der Waals surface area (Å²) in [5.74, 6) is 2.47. The Balaban J connectivity index is 2.57. The average Bonchev–Trinajstić information content (AvgIpc) is 2.45. The lowest BCUT2D eigenvalue weighted by molar-refractivity contribution is 0.103. The zero-order valence-electron chi connectivity index (χ0n) is 7.67. The maximum Gasteiger partial charge on any atom is 0.151 e. The molecule has 0 spiro atoms. The summed E-state index contributed by atoms with van der Waals surface area (Å²) in [5, 5.41) is 10.0. The third kappa shape index (κ3) is 1.15. The molecule has 1 aromatic rings. The second-order valence-electron chi connectivity index (χ2n) is 3.67. The molecule has 66 valence electrons. The van der Waals surface area contributed by atoms with Crippen LogP contribution in [-0.4, -0.2) is 5.11 Å². The van der Waals surface area contributed by atoms with E-state index in [4.69, 9.17) is 6.42 Å². The minimum absolute atomic E-state index is 0.655. The first kappa shape index (κ1) is 8.34. The highest BCUT2D eigenvalue weighted by molar-refractivity contribution is 5.44. The van der Waals surface area contributed by atoms with Crippen molar-refractivity contribution in [2.45, 2.75) is 25.4 Å². The maximum atomic E-state index is 10.0. The van der Waals surface area contributed by atoms with E-state index in [1.165, 1.54) is 11.1 Å². The van der Waals surface area contributed by atoms with Gasteiger partial charge in [0.25, 0.3) is 0 Å². The third-order valence-electron chi connectivity index (χ3n) is 2.70. The van der Waals surface area contributed by atoms with Crippen molar-refractivity contribution in [2.75, 3.05) is 0 Å². The Morgan fingerprint density at radius 1 is 1.54 bits per heavy atom. The first-order chi connectivity index (χ1) is 6.15. The van der Waals surface area contributed by atoms with Crippen molar-refractivity contribution in [3.8, 4) is 12.3 Å². The highest BCUT2D eigenvalue weighted by atomic mass is 16.3. The topological polar surface area (TPSA) is 20.2 Å². The summed E-state index contributed by atoms with van der Waals surface area (Å²) in [5.41, 5.74) is 2.32. The molecule has 13 heavy (non-hydrogen) atoms. The van der Waals surface area contributed by atoms with Crippen molar-refractivity contribution in [2.24, 2.45) is 0 Å². The molecule has 1 aliphatic carbocycles. The monoisotopic (exact) mass is 172 g/mol. The van der Waals surface area contributed by atoms with Gasteiger partial charge in [-0.3, -0.25) is 0 Å². The minimum atomic E-state index is -1.01. The number of benzene rings is 1. The third-order valence-corrected chi connectivity index (χ3v) is 2.70. The Hall–Kier alpha value is -1.26. The van der Waals surface area contributed by atoms with Crippen LogP contribution in [0.3, 0.4) is 0 Å². The van der Waals surface area contributed by atoms with Crippen molar-refractivity contribution in [3.63, 3.8) is 0 Å². The van der Waals surface area contributed by atoms with Gasteiger partial charge in [0.1, 0.15) is 0 Å². The average molecular weight is 172 g/mol. The van der Waals surface area contributed by atoms with Gasteiger partial charge in [0.05, 0.1) is 0 Å². The fraction of sp³-hybridized carbons (Fsp3) is 0.333. The van der Waals surface area contributed by atoms with Gasteiger partial charge in [-0.2, -0.15) is 0 Å². The number of hydrogen-bond donors (Lipinski definition) is 1. The molecular formula is C12H12O. The van der Waals surface area contributed by atoms with Crippen LogP contribution in [-0.2, 0) is 12.0 Å². The summed E-state index contributed by atoms with van der Waals surface area (Å²) < 4.78 is 0. The Labute approximate surface area is 78.4 Å². The van der Waals surface area contributed by atoms with Crippen LogP contribution in [0.25, 0.3) is 0 Å². The number of aliphatic hydroxyl groups is 1. The molecule has 1 nitrogen and oxygen atoms in total. The molecule has 1 unspecified atom stereocenters. The van der Waals surface area contributed by atoms with Crippen molar-refractivity contribution in [1.82, 2.24) is 0 Å². The number of aryl methyl sites for hydroxylation is 2. The SMILES string of the molecule is C#CC1(O)CCc2cc(C)ccc21. The molecule has 1 aliphatic rings. The van der Waals surface area contributed by atoms with E-state index in [0.29, 0.717) is 6.42 Å². The van der Waals surface area contributed by atoms with Crippen LogP contribution in [0.4, 0.5) is 0 Å². The van der Waals surface area contributed by atoms with Gasteiger partial charge in [-0.1, -0.05) is 29.7 Å². The standard InChI is InChI=1S/C12H12O/c1-3-12(13)7-6-10-8-9(2)4-5-11(10)12/h1,4-5,8,13H,6-7H2,2H3. The molecular weight excluding hydrogens is 160 g/mol. The van der Waals surface area contributed by atoms with E-state index in [9.17, 15) is 5.11 Å². The van der Waals surface area contributed by atoms with Gasteiger partial charge in [0, 0.05) is 0 Å². The van der Waals surface area contributed by atoms with Crippen LogP contribution in [0, 0.1) is 19.3 Å². The van der Waals surface area contributed by atoms with Crippen molar-refractivity contribution in [1.29, 1.82) is 0 Å². The highest BCUT2D eigenvalue weighted by Crippen LogP contribution is 2.36. The molecule has 0 heterocycles. The fourth-order valence-corrected chi connectivity index (χ4v) is 1.93. The Kier molecular flexibility index (Phi) is 1.68. The predicted octanol–water partition coefficient (Wildman–Crippen LogP) is 1.76. The Morgan fingerprint density at radius 2 is 2.31 bits per heavy atom. The number of rotatable bonds is 0. The van der Waals surface area contributed by atoms with Crippen molar-refractivity contribution in [3.05, 3.63) is 34.9 Å². The van der Waals surface area contributed by atoms with Gasteiger partial charge in [-0.15, -0.1) is 6.42 Å². The molecule has 1 aromatic carbocycles. The molecule has 0 aliphatic heterocycles. The molecule has 1 N–H and O–H groups in total. The van der Waals surface area contributed by atoms with E-state index < -0.39 is 5.60 Å². The molecule has 0 bridgehead atoms. The van der Waals surface area contributed by atoms with Crippen molar-refractivity contribution < 1.29 is 5.11 Å². The summed E-state index contributed by atoms with van der Waals surface area (Å²) >= 11 is 0. The molecule has 0 aromatic heterocycles. The molecule has 1 atom stereocenters. The van der Waals surface area contributed by atoms with E-state index in [0.717, 1.165) is 12.0 Å². The zero-order valence-corrected chi connectivity index (χ0v) is 7.67. The van der Waals surface area contributed by atoms with Gasteiger partial charge in [0.2, 0.25) is 0 Å². The molecule has 0 fully saturated rings. The molecule has 0 radical (unpaired) electrons. The van der Waals surface area contributed by atoms with Gasteiger partial charge >= 0.3 is 0 Å². The number of fused-ring (bicyclic) bond motifs is 1. The molecule has 1 heteroatoms. The van der Waals surface area contributed by atoms with Gasteiger partial charge < -0.3 is 5.11 Å². The first-order valence-electron chi connectivity index (χ1n) is 4.46. The smallest absolute Gasteiger partial charge is 0.151 e. The van der Waals surface area contributed by atoms with Crippen LogP contribution in [0.2, 0.25) is 0 Å². The molecule has 0 amide bonds. The highest BCUT2D eigenvalue weighted by Gasteiger charge is 2.34. The van der Waals surface area contributed by atoms with Crippen LogP contribution >= 0.6 is 0 Å². The van der Waals surface area contributed by atoms with Crippen LogP contribution < -0.4 is 0 Å². The Morgan fingerprint density at radius 3 is 3.00 bits per heavy atom. The van der Waals surface area contributed by atoms with E-state index >= 15 is 0 Å². The molecule has 0 saturated heterocycles. The lowest BCUT2D eigenvalue weighted by atomic mass is 9.96. The largest absolute Gasteiger partial charge is 0.373 e. The van der Waals surface area contributed by atoms with E-state index in [1.54, 1.807) is 0 Å². The van der Waals surface area contributed by atoms with E-state index in [1.807, 2.05) is 19.1 Å². The normalized spacial score (nSPS) is 25.3.